The van der Waals surface area contributed by atoms with E-state index in [1.54, 1.807) is 30.3 Å². The summed E-state index contributed by atoms with van der Waals surface area (Å²) in [6.07, 6.45) is 0. The summed E-state index contributed by atoms with van der Waals surface area (Å²) < 4.78 is 37.4. The van der Waals surface area contributed by atoms with Gasteiger partial charge in [0.1, 0.15) is 4.90 Å². The maximum absolute atomic E-state index is 13.5. The number of carbonyl (C=O) groups is 3. The molecule has 0 bridgehead atoms. The number of hydrogen-bond acceptors (Lipinski definition) is 7. The van der Waals surface area contributed by atoms with Crippen LogP contribution < -0.4 is 5.32 Å². The van der Waals surface area contributed by atoms with Gasteiger partial charge < -0.3 is 14.8 Å². The quantitative estimate of drug-likeness (QED) is 0.382. The van der Waals surface area contributed by atoms with E-state index in [4.69, 9.17) is 32.7 Å². The first kappa shape index (κ1) is 28.1. The average Bonchev–Trinajstić information content (AvgIpc) is 2.88. The molecule has 0 aromatic heterocycles. The van der Waals surface area contributed by atoms with E-state index in [1.165, 1.54) is 50.6 Å². The summed E-state index contributed by atoms with van der Waals surface area (Å²) in [4.78, 5) is 36.9. The summed E-state index contributed by atoms with van der Waals surface area (Å²) in [5.74, 6) is -2.23. The highest BCUT2D eigenvalue weighted by Crippen LogP contribution is 2.29. The first-order valence-corrected chi connectivity index (χ1v) is 12.9. The Morgan fingerprint density at radius 2 is 1.46 bits per heavy atom. The molecule has 0 aliphatic carbocycles. The SMILES string of the molecule is COC(=O)c1cc(NC(=O)CN(Cc2ccccc2)S(=O)(=O)c2cc(Cl)ccc2Cl)cc(C(=O)OC)c1. The van der Waals surface area contributed by atoms with Crippen LogP contribution in [-0.2, 0) is 30.8 Å². The number of esters is 2. The lowest BCUT2D eigenvalue weighted by atomic mass is 10.1. The van der Waals surface area contributed by atoms with Crippen molar-refractivity contribution >= 4 is 56.8 Å². The molecule has 37 heavy (non-hydrogen) atoms. The average molecular weight is 565 g/mol. The van der Waals surface area contributed by atoms with E-state index in [2.05, 4.69) is 5.32 Å². The van der Waals surface area contributed by atoms with Gasteiger partial charge in [-0.2, -0.15) is 4.31 Å². The number of ether oxygens (including phenoxy) is 2. The van der Waals surface area contributed by atoms with Gasteiger partial charge in [-0.15, -0.1) is 0 Å². The van der Waals surface area contributed by atoms with Crippen molar-refractivity contribution in [1.29, 1.82) is 0 Å². The van der Waals surface area contributed by atoms with Crippen LogP contribution in [0.2, 0.25) is 10.0 Å². The molecule has 0 spiro atoms. The third-order valence-electron chi connectivity index (χ3n) is 5.09. The summed E-state index contributed by atoms with van der Waals surface area (Å²) >= 11 is 12.2. The second-order valence-corrected chi connectivity index (χ2v) is 10.4. The number of benzene rings is 3. The monoisotopic (exact) mass is 564 g/mol. The zero-order chi connectivity index (χ0) is 27.2. The van der Waals surface area contributed by atoms with Crippen LogP contribution in [0.15, 0.2) is 71.6 Å². The zero-order valence-corrected chi connectivity index (χ0v) is 22.1. The second kappa shape index (κ2) is 12.2. The molecule has 9 nitrogen and oxygen atoms in total. The molecular formula is C25H22Cl2N2O7S. The van der Waals surface area contributed by atoms with Gasteiger partial charge in [-0.1, -0.05) is 53.5 Å². The van der Waals surface area contributed by atoms with Gasteiger partial charge >= 0.3 is 11.9 Å². The minimum Gasteiger partial charge on any atom is -0.465 e. The Kier molecular flexibility index (Phi) is 9.28. The number of sulfonamides is 1. The van der Waals surface area contributed by atoms with E-state index in [-0.39, 0.29) is 38.3 Å². The van der Waals surface area contributed by atoms with Crippen LogP contribution in [0.5, 0.6) is 0 Å². The smallest absolute Gasteiger partial charge is 0.337 e. The molecule has 194 valence electrons. The summed E-state index contributed by atoms with van der Waals surface area (Å²) in [5, 5.41) is 2.62. The molecule has 0 aliphatic rings. The number of nitrogens with zero attached hydrogens (tertiary/aromatic N) is 1. The number of amides is 1. The van der Waals surface area contributed by atoms with Gasteiger partial charge in [0.05, 0.1) is 36.9 Å². The minimum absolute atomic E-state index is 0.0137. The summed E-state index contributed by atoms with van der Waals surface area (Å²) in [6, 6.07) is 16.5. The van der Waals surface area contributed by atoms with Gasteiger partial charge in [0.25, 0.3) is 0 Å². The molecule has 3 rings (SSSR count). The van der Waals surface area contributed by atoms with Crippen molar-refractivity contribution in [3.8, 4) is 0 Å². The molecule has 0 saturated carbocycles. The van der Waals surface area contributed by atoms with Gasteiger partial charge in [0.15, 0.2) is 0 Å². The molecule has 0 unspecified atom stereocenters. The topological polar surface area (TPSA) is 119 Å². The fourth-order valence-corrected chi connectivity index (χ4v) is 5.48. The van der Waals surface area contributed by atoms with Gasteiger partial charge in [0, 0.05) is 17.3 Å². The van der Waals surface area contributed by atoms with Crippen molar-refractivity contribution < 1.29 is 32.3 Å². The van der Waals surface area contributed by atoms with Crippen LogP contribution >= 0.6 is 23.2 Å². The highest BCUT2D eigenvalue weighted by Gasteiger charge is 2.29. The molecule has 3 aromatic carbocycles. The highest BCUT2D eigenvalue weighted by molar-refractivity contribution is 7.89. The predicted octanol–water partition coefficient (Wildman–Crippen LogP) is 4.40. The number of methoxy groups -OCH3 is 2. The van der Waals surface area contributed by atoms with E-state index >= 15 is 0 Å². The molecular weight excluding hydrogens is 543 g/mol. The van der Waals surface area contributed by atoms with E-state index in [0.717, 1.165) is 4.31 Å². The standard InChI is InChI=1S/C25H22Cl2N2O7S/c1-35-24(31)17-10-18(25(32)36-2)12-20(11-17)28-23(30)15-29(14-16-6-4-3-5-7-16)37(33,34)22-13-19(26)8-9-21(22)27/h3-13H,14-15H2,1-2H3,(H,28,30). The lowest BCUT2D eigenvalue weighted by Gasteiger charge is -2.23. The maximum Gasteiger partial charge on any atom is 0.337 e. The fourth-order valence-electron chi connectivity index (χ4n) is 3.36. The molecule has 0 aliphatic heterocycles. The van der Waals surface area contributed by atoms with Gasteiger partial charge in [-0.25, -0.2) is 18.0 Å². The molecule has 0 saturated heterocycles. The number of rotatable bonds is 9. The van der Waals surface area contributed by atoms with Crippen LogP contribution in [0, 0.1) is 0 Å². The Labute approximate surface area is 223 Å². The Morgan fingerprint density at radius 1 is 0.865 bits per heavy atom. The molecule has 12 heteroatoms. The van der Waals surface area contributed by atoms with E-state index in [0.29, 0.717) is 5.56 Å². The first-order chi connectivity index (χ1) is 17.5. The first-order valence-electron chi connectivity index (χ1n) is 10.7. The van der Waals surface area contributed by atoms with Crippen LogP contribution in [-0.4, -0.2) is 51.3 Å². The molecule has 3 aromatic rings. The predicted molar refractivity (Wildman–Crippen MR) is 138 cm³/mol. The Hall–Kier alpha value is -3.44. The highest BCUT2D eigenvalue weighted by atomic mass is 35.5. The molecule has 0 atom stereocenters. The summed E-state index contributed by atoms with van der Waals surface area (Å²) in [7, 11) is -1.95. The zero-order valence-electron chi connectivity index (χ0n) is 19.7. The second-order valence-electron chi connectivity index (χ2n) is 7.66. The normalized spacial score (nSPS) is 11.2. The third kappa shape index (κ3) is 7.07. The molecule has 1 N–H and O–H groups in total. The largest absolute Gasteiger partial charge is 0.465 e. The summed E-state index contributed by atoms with van der Waals surface area (Å²) in [5.41, 5.74) is 0.657. The Balaban J connectivity index is 1.95. The van der Waals surface area contributed by atoms with Gasteiger partial charge in [-0.05, 0) is 42.0 Å². The van der Waals surface area contributed by atoms with Crippen molar-refractivity contribution in [1.82, 2.24) is 4.31 Å². The van der Waals surface area contributed by atoms with E-state index < -0.39 is 34.4 Å². The molecule has 1 amide bonds. The lowest BCUT2D eigenvalue weighted by molar-refractivity contribution is -0.116. The van der Waals surface area contributed by atoms with Crippen molar-refractivity contribution in [3.05, 3.63) is 93.5 Å². The number of hydrogen-bond donors (Lipinski definition) is 1. The van der Waals surface area contributed by atoms with Crippen LogP contribution in [0.3, 0.4) is 0 Å². The molecule has 0 fully saturated rings. The Bertz CT molecular complexity index is 1400. The Morgan fingerprint density at radius 3 is 2.03 bits per heavy atom. The number of anilines is 1. The van der Waals surface area contributed by atoms with Crippen molar-refractivity contribution in [2.24, 2.45) is 0 Å². The lowest BCUT2D eigenvalue weighted by Crippen LogP contribution is -2.37. The van der Waals surface area contributed by atoms with E-state index in [9.17, 15) is 22.8 Å². The maximum atomic E-state index is 13.5. The van der Waals surface area contributed by atoms with Crippen molar-refractivity contribution in [2.45, 2.75) is 11.4 Å². The van der Waals surface area contributed by atoms with Crippen LogP contribution in [0.4, 0.5) is 5.69 Å². The van der Waals surface area contributed by atoms with E-state index in [1.807, 2.05) is 0 Å². The van der Waals surface area contributed by atoms with Crippen molar-refractivity contribution in [3.63, 3.8) is 0 Å². The molecule has 0 heterocycles. The van der Waals surface area contributed by atoms with Gasteiger partial charge in [0.2, 0.25) is 15.9 Å². The third-order valence-corrected chi connectivity index (χ3v) is 7.60. The summed E-state index contributed by atoms with van der Waals surface area (Å²) in [6.45, 7) is -0.759. The minimum atomic E-state index is -4.28. The fraction of sp³-hybridized carbons (Fsp3) is 0.160. The van der Waals surface area contributed by atoms with Gasteiger partial charge in [-0.3, -0.25) is 4.79 Å². The number of carbonyl (C=O) groups excluding carboxylic acids is 3. The van der Waals surface area contributed by atoms with Crippen molar-refractivity contribution in [2.75, 3.05) is 26.1 Å². The number of halogens is 2. The number of nitrogens with one attached hydrogen (secondary N) is 1. The van der Waals surface area contributed by atoms with Crippen LogP contribution in [0.1, 0.15) is 26.3 Å². The molecule has 0 radical (unpaired) electrons. The van der Waals surface area contributed by atoms with Crippen LogP contribution in [0.25, 0.3) is 0 Å².